The number of hydrogen-bond acceptors (Lipinski definition) is 2. The molecule has 11 heavy (non-hydrogen) atoms. The van der Waals surface area contributed by atoms with E-state index in [1.807, 2.05) is 26.0 Å². The molecule has 0 aromatic carbocycles. The van der Waals surface area contributed by atoms with Crippen molar-refractivity contribution in [2.75, 3.05) is 0 Å². The molecule has 0 saturated carbocycles. The summed E-state index contributed by atoms with van der Waals surface area (Å²) < 4.78 is 0. The molecule has 0 radical (unpaired) electrons. The number of nitrogens with zero attached hydrogens (tertiary/aromatic N) is 1. The van der Waals surface area contributed by atoms with E-state index in [9.17, 15) is 5.11 Å². The van der Waals surface area contributed by atoms with E-state index < -0.39 is 0 Å². The Morgan fingerprint density at radius 2 is 2.09 bits per heavy atom. The summed E-state index contributed by atoms with van der Waals surface area (Å²) in [5, 5.41) is 9.41. The minimum Gasteiger partial charge on any atom is -0.506 e. The molecule has 0 aliphatic heterocycles. The standard InChI is InChI=1S/C9H11NO/c1-7(2)9(11)8-5-3-4-6-10-8/h3-6,11H,1-2H3. The molecule has 0 bridgehead atoms. The van der Waals surface area contributed by atoms with E-state index in [2.05, 4.69) is 4.98 Å². The second-order valence-electron chi connectivity index (χ2n) is 2.56. The molecule has 1 aromatic rings. The number of aliphatic hydroxyl groups excluding tert-OH is 1. The van der Waals surface area contributed by atoms with E-state index in [0.29, 0.717) is 5.69 Å². The van der Waals surface area contributed by atoms with Crippen LogP contribution in [0.3, 0.4) is 0 Å². The fourth-order valence-corrected chi connectivity index (χ4v) is 0.759. The van der Waals surface area contributed by atoms with Gasteiger partial charge < -0.3 is 5.11 Å². The van der Waals surface area contributed by atoms with Crippen molar-refractivity contribution in [1.29, 1.82) is 0 Å². The molecule has 58 valence electrons. The fraction of sp³-hybridized carbons (Fsp3) is 0.222. The zero-order valence-corrected chi connectivity index (χ0v) is 6.70. The molecule has 1 aromatic heterocycles. The molecule has 0 saturated heterocycles. The second-order valence-corrected chi connectivity index (χ2v) is 2.56. The smallest absolute Gasteiger partial charge is 0.139 e. The molecule has 2 nitrogen and oxygen atoms in total. The summed E-state index contributed by atoms with van der Waals surface area (Å²) in [5.41, 5.74) is 1.51. The molecule has 1 N–H and O–H groups in total. The Morgan fingerprint density at radius 1 is 1.36 bits per heavy atom. The first-order valence-electron chi connectivity index (χ1n) is 3.49. The highest BCUT2D eigenvalue weighted by Gasteiger charge is 1.99. The van der Waals surface area contributed by atoms with Gasteiger partial charge in [0.05, 0.1) is 0 Å². The molecule has 0 aliphatic rings. The quantitative estimate of drug-likeness (QED) is 0.622. The van der Waals surface area contributed by atoms with Gasteiger partial charge in [-0.1, -0.05) is 6.07 Å². The number of rotatable bonds is 1. The summed E-state index contributed by atoms with van der Waals surface area (Å²) in [4.78, 5) is 3.99. The van der Waals surface area contributed by atoms with Gasteiger partial charge in [-0.15, -0.1) is 0 Å². The first kappa shape index (κ1) is 7.79. The van der Waals surface area contributed by atoms with E-state index >= 15 is 0 Å². The van der Waals surface area contributed by atoms with Crippen LogP contribution in [0, 0.1) is 0 Å². The van der Waals surface area contributed by atoms with Crippen LogP contribution >= 0.6 is 0 Å². The van der Waals surface area contributed by atoms with Gasteiger partial charge in [-0.3, -0.25) is 4.98 Å². The third-order valence-electron chi connectivity index (χ3n) is 1.38. The Labute approximate surface area is 66.2 Å². The van der Waals surface area contributed by atoms with E-state index in [1.54, 1.807) is 12.3 Å². The van der Waals surface area contributed by atoms with Crippen molar-refractivity contribution < 1.29 is 5.11 Å². The minimum absolute atomic E-state index is 0.269. The molecule has 2 heteroatoms. The van der Waals surface area contributed by atoms with Crippen LogP contribution in [0.2, 0.25) is 0 Å². The van der Waals surface area contributed by atoms with Gasteiger partial charge in [-0.05, 0) is 31.6 Å². The number of aromatic nitrogens is 1. The predicted octanol–water partition coefficient (Wildman–Crippen LogP) is 2.39. The fourth-order valence-electron chi connectivity index (χ4n) is 0.759. The highest BCUT2D eigenvalue weighted by atomic mass is 16.3. The summed E-state index contributed by atoms with van der Waals surface area (Å²) in [6, 6.07) is 5.45. The highest BCUT2D eigenvalue weighted by Crippen LogP contribution is 2.11. The third-order valence-corrected chi connectivity index (χ3v) is 1.38. The molecule has 0 atom stereocenters. The van der Waals surface area contributed by atoms with Gasteiger partial charge in [0.2, 0.25) is 0 Å². The van der Waals surface area contributed by atoms with Crippen LogP contribution in [-0.2, 0) is 0 Å². The maximum Gasteiger partial charge on any atom is 0.139 e. The van der Waals surface area contributed by atoms with Crippen LogP contribution < -0.4 is 0 Å². The molecule has 1 rings (SSSR count). The van der Waals surface area contributed by atoms with E-state index in [-0.39, 0.29) is 5.76 Å². The van der Waals surface area contributed by atoms with Crippen molar-refractivity contribution >= 4 is 5.76 Å². The predicted molar refractivity (Wildman–Crippen MR) is 45.1 cm³/mol. The lowest BCUT2D eigenvalue weighted by Gasteiger charge is -1.99. The Morgan fingerprint density at radius 3 is 2.55 bits per heavy atom. The molecule has 0 fully saturated rings. The Hall–Kier alpha value is -1.31. The maximum atomic E-state index is 9.41. The monoisotopic (exact) mass is 149 g/mol. The molecule has 1 heterocycles. The van der Waals surface area contributed by atoms with Gasteiger partial charge in [0, 0.05) is 6.20 Å². The van der Waals surface area contributed by atoms with Crippen LogP contribution in [0.4, 0.5) is 0 Å². The summed E-state index contributed by atoms with van der Waals surface area (Å²) in [5.74, 6) is 0.269. The topological polar surface area (TPSA) is 33.1 Å². The average Bonchev–Trinajstić information content (AvgIpc) is 2.05. The number of hydrogen-bond donors (Lipinski definition) is 1. The number of pyridine rings is 1. The molecule has 0 amide bonds. The van der Waals surface area contributed by atoms with Crippen molar-refractivity contribution in [3.8, 4) is 0 Å². The van der Waals surface area contributed by atoms with Crippen molar-refractivity contribution in [2.45, 2.75) is 13.8 Å². The van der Waals surface area contributed by atoms with Crippen molar-refractivity contribution in [2.24, 2.45) is 0 Å². The molecular weight excluding hydrogens is 138 g/mol. The second kappa shape index (κ2) is 3.19. The largest absolute Gasteiger partial charge is 0.506 e. The van der Waals surface area contributed by atoms with Crippen LogP contribution in [0.15, 0.2) is 30.0 Å². The average molecular weight is 149 g/mol. The van der Waals surface area contributed by atoms with E-state index in [0.717, 1.165) is 5.57 Å². The Balaban J connectivity index is 3.04. The minimum atomic E-state index is 0.269. The zero-order chi connectivity index (χ0) is 8.27. The molecule has 0 spiro atoms. The maximum absolute atomic E-state index is 9.41. The summed E-state index contributed by atoms with van der Waals surface area (Å²) in [6.45, 7) is 3.70. The van der Waals surface area contributed by atoms with Crippen molar-refractivity contribution in [1.82, 2.24) is 4.98 Å². The van der Waals surface area contributed by atoms with Crippen LogP contribution in [0.1, 0.15) is 19.5 Å². The SMILES string of the molecule is CC(C)=C(O)c1ccccn1. The van der Waals surface area contributed by atoms with Crippen LogP contribution in [0.5, 0.6) is 0 Å². The van der Waals surface area contributed by atoms with E-state index in [4.69, 9.17) is 0 Å². The van der Waals surface area contributed by atoms with Crippen LogP contribution in [0.25, 0.3) is 5.76 Å². The lowest BCUT2D eigenvalue weighted by atomic mass is 10.2. The lowest BCUT2D eigenvalue weighted by molar-refractivity contribution is 0.503. The summed E-state index contributed by atoms with van der Waals surface area (Å²) in [7, 11) is 0. The summed E-state index contributed by atoms with van der Waals surface area (Å²) in [6.07, 6.45) is 1.66. The van der Waals surface area contributed by atoms with Gasteiger partial charge in [0.1, 0.15) is 11.5 Å². The molecular formula is C9H11NO. The first-order chi connectivity index (χ1) is 5.22. The Kier molecular flexibility index (Phi) is 2.26. The van der Waals surface area contributed by atoms with Gasteiger partial charge in [0.15, 0.2) is 0 Å². The van der Waals surface area contributed by atoms with Crippen molar-refractivity contribution in [3.63, 3.8) is 0 Å². The van der Waals surface area contributed by atoms with Crippen molar-refractivity contribution in [3.05, 3.63) is 35.7 Å². The van der Waals surface area contributed by atoms with Crippen LogP contribution in [-0.4, -0.2) is 10.1 Å². The summed E-state index contributed by atoms with van der Waals surface area (Å²) >= 11 is 0. The normalized spacial score (nSPS) is 9.27. The molecule has 0 unspecified atom stereocenters. The lowest BCUT2D eigenvalue weighted by Crippen LogP contribution is -1.88. The first-order valence-corrected chi connectivity index (χ1v) is 3.49. The highest BCUT2D eigenvalue weighted by molar-refractivity contribution is 5.56. The third kappa shape index (κ3) is 1.80. The van der Waals surface area contributed by atoms with Gasteiger partial charge >= 0.3 is 0 Å². The van der Waals surface area contributed by atoms with Gasteiger partial charge in [0.25, 0.3) is 0 Å². The number of allylic oxidation sites excluding steroid dienone is 1. The number of aliphatic hydroxyl groups is 1. The molecule has 0 aliphatic carbocycles. The Bertz CT molecular complexity index is 260. The van der Waals surface area contributed by atoms with Gasteiger partial charge in [-0.25, -0.2) is 0 Å². The zero-order valence-electron chi connectivity index (χ0n) is 6.70. The van der Waals surface area contributed by atoms with E-state index in [1.165, 1.54) is 0 Å². The van der Waals surface area contributed by atoms with Gasteiger partial charge in [-0.2, -0.15) is 0 Å².